The molecule has 12 heteroatoms. The van der Waals surface area contributed by atoms with Gasteiger partial charge in [0.2, 0.25) is 17.7 Å². The van der Waals surface area contributed by atoms with Crippen LogP contribution in [-0.2, 0) is 14.4 Å². The first-order chi connectivity index (χ1) is 17.8. The Morgan fingerprint density at radius 1 is 1.16 bits per heavy atom. The molecule has 0 radical (unpaired) electrons. The molecule has 38 heavy (non-hydrogen) atoms. The highest BCUT2D eigenvalue weighted by molar-refractivity contribution is 7.13. The molecule has 3 rings (SSSR count). The van der Waals surface area contributed by atoms with Gasteiger partial charge in [-0.2, -0.15) is 0 Å². The van der Waals surface area contributed by atoms with Crippen molar-refractivity contribution in [1.29, 1.82) is 0 Å². The van der Waals surface area contributed by atoms with E-state index in [2.05, 4.69) is 15.6 Å². The molecule has 4 atom stereocenters. The molecular formula is C26H35N5O6S. The molecule has 1 fully saturated rings. The van der Waals surface area contributed by atoms with Gasteiger partial charge >= 0.3 is 6.09 Å². The van der Waals surface area contributed by atoms with Gasteiger partial charge in [-0.25, -0.2) is 9.78 Å². The minimum atomic E-state index is -1.36. The van der Waals surface area contributed by atoms with Crippen LogP contribution in [0.2, 0.25) is 0 Å². The van der Waals surface area contributed by atoms with Gasteiger partial charge in [0, 0.05) is 13.0 Å². The standard InChI is InChI=1S/C26H35N5O6S/c1-14(16-6-8-17(9-7-16)21-15(2)28-13-38-21)29-23(34)19-10-18(32)12-31(19)24(35)22(26(3,4)5)30-20(33)11-27-25(36)37/h6-9,13-14,18-19,22,27,32H,10-12H2,1-5H3,(H,29,34)(H,30,33)(H,36,37)/t14-,18+,19-,22+/m0/s1. The van der Waals surface area contributed by atoms with Crippen molar-refractivity contribution < 1.29 is 29.4 Å². The number of aromatic nitrogens is 1. The normalized spacial score (nSPS) is 18.9. The predicted molar refractivity (Wildman–Crippen MR) is 142 cm³/mol. The summed E-state index contributed by atoms with van der Waals surface area (Å²) in [5, 5.41) is 26.6. The van der Waals surface area contributed by atoms with Crippen molar-refractivity contribution in [1.82, 2.24) is 25.8 Å². The largest absolute Gasteiger partial charge is 0.465 e. The minimum Gasteiger partial charge on any atom is -0.465 e. The van der Waals surface area contributed by atoms with Gasteiger partial charge in [0.25, 0.3) is 0 Å². The van der Waals surface area contributed by atoms with Crippen LogP contribution in [0.1, 0.15) is 51.4 Å². The number of thiazole rings is 1. The number of aliphatic hydroxyl groups is 1. The van der Waals surface area contributed by atoms with Gasteiger partial charge in [-0.15, -0.1) is 11.3 Å². The summed E-state index contributed by atoms with van der Waals surface area (Å²) < 4.78 is 0. The van der Waals surface area contributed by atoms with Gasteiger partial charge in [0.1, 0.15) is 18.6 Å². The Labute approximate surface area is 225 Å². The number of likely N-dealkylation sites (tertiary alicyclic amines) is 1. The van der Waals surface area contributed by atoms with E-state index in [9.17, 15) is 24.3 Å². The molecule has 0 aliphatic carbocycles. The fourth-order valence-corrected chi connectivity index (χ4v) is 5.20. The second-order valence-electron chi connectivity index (χ2n) is 10.5. The van der Waals surface area contributed by atoms with Crippen molar-refractivity contribution in [2.45, 2.75) is 65.3 Å². The highest BCUT2D eigenvalue weighted by Gasteiger charge is 2.44. The van der Waals surface area contributed by atoms with E-state index in [1.165, 1.54) is 4.90 Å². The summed E-state index contributed by atoms with van der Waals surface area (Å²) in [4.78, 5) is 56.5. The van der Waals surface area contributed by atoms with Crippen molar-refractivity contribution in [2.75, 3.05) is 13.1 Å². The third kappa shape index (κ3) is 7.07. The molecule has 0 bridgehead atoms. The van der Waals surface area contributed by atoms with E-state index >= 15 is 0 Å². The van der Waals surface area contributed by atoms with Crippen LogP contribution in [0.25, 0.3) is 10.4 Å². The summed E-state index contributed by atoms with van der Waals surface area (Å²) in [6.07, 6.45) is -2.18. The zero-order valence-corrected chi connectivity index (χ0v) is 23.0. The summed E-state index contributed by atoms with van der Waals surface area (Å²) in [5.74, 6) is -1.60. The monoisotopic (exact) mass is 545 g/mol. The van der Waals surface area contributed by atoms with Crippen molar-refractivity contribution in [3.63, 3.8) is 0 Å². The first kappa shape index (κ1) is 29.1. The number of carbonyl (C=O) groups excluding carboxylic acids is 3. The van der Waals surface area contributed by atoms with Gasteiger partial charge in [-0.3, -0.25) is 14.4 Å². The highest BCUT2D eigenvalue weighted by atomic mass is 32.1. The molecule has 1 saturated heterocycles. The Bertz CT molecular complexity index is 1180. The van der Waals surface area contributed by atoms with E-state index in [1.807, 2.05) is 43.4 Å². The maximum atomic E-state index is 13.5. The number of amides is 4. The molecule has 5 N–H and O–H groups in total. The third-order valence-electron chi connectivity index (χ3n) is 6.46. The molecule has 0 unspecified atom stereocenters. The van der Waals surface area contributed by atoms with Gasteiger partial charge in [0.05, 0.1) is 28.2 Å². The van der Waals surface area contributed by atoms with Crippen LogP contribution < -0.4 is 16.0 Å². The predicted octanol–water partition coefficient (Wildman–Crippen LogP) is 2.06. The maximum Gasteiger partial charge on any atom is 0.405 e. The summed E-state index contributed by atoms with van der Waals surface area (Å²) in [6.45, 7) is 8.49. The molecule has 206 valence electrons. The first-order valence-electron chi connectivity index (χ1n) is 12.3. The number of carboxylic acid groups (broad SMARTS) is 1. The summed E-state index contributed by atoms with van der Waals surface area (Å²) >= 11 is 1.56. The Morgan fingerprint density at radius 3 is 2.37 bits per heavy atom. The zero-order chi connectivity index (χ0) is 28.2. The van der Waals surface area contributed by atoms with E-state index in [4.69, 9.17) is 5.11 Å². The van der Waals surface area contributed by atoms with Crippen LogP contribution in [0.5, 0.6) is 0 Å². The molecular weight excluding hydrogens is 510 g/mol. The minimum absolute atomic E-state index is 0.0516. The Hall–Kier alpha value is -3.51. The second-order valence-corrected chi connectivity index (χ2v) is 11.4. The third-order valence-corrected chi connectivity index (χ3v) is 7.44. The quantitative estimate of drug-likeness (QED) is 0.339. The summed E-state index contributed by atoms with van der Waals surface area (Å²) in [6, 6.07) is 5.51. The molecule has 1 aromatic carbocycles. The van der Waals surface area contributed by atoms with Crippen LogP contribution in [-0.4, -0.2) is 75.2 Å². The SMILES string of the molecule is Cc1ncsc1-c1ccc([C@H](C)NC(=O)[C@@H]2C[C@@H](O)CN2C(=O)[C@@H](NC(=O)CNC(=O)O)C(C)(C)C)cc1. The number of aliphatic hydroxyl groups excluding tert-OH is 1. The lowest BCUT2D eigenvalue weighted by Crippen LogP contribution is -2.58. The lowest BCUT2D eigenvalue weighted by molar-refractivity contribution is -0.144. The fraction of sp³-hybridized carbons (Fsp3) is 0.500. The molecule has 11 nitrogen and oxygen atoms in total. The average molecular weight is 546 g/mol. The second kappa shape index (κ2) is 11.9. The number of benzene rings is 1. The number of nitrogens with zero attached hydrogens (tertiary/aromatic N) is 2. The van der Waals surface area contributed by atoms with Gasteiger partial charge in [-0.05, 0) is 30.4 Å². The van der Waals surface area contributed by atoms with Gasteiger partial charge in [0.15, 0.2) is 0 Å². The lowest BCUT2D eigenvalue weighted by Gasteiger charge is -2.35. The lowest BCUT2D eigenvalue weighted by atomic mass is 9.85. The van der Waals surface area contributed by atoms with Gasteiger partial charge in [-0.1, -0.05) is 45.0 Å². The zero-order valence-electron chi connectivity index (χ0n) is 22.1. The molecule has 0 saturated carbocycles. The fourth-order valence-electron chi connectivity index (χ4n) is 4.38. The van der Waals surface area contributed by atoms with E-state index in [0.717, 1.165) is 21.7 Å². The number of hydrogen-bond donors (Lipinski definition) is 5. The average Bonchev–Trinajstić information content (AvgIpc) is 3.45. The molecule has 1 aliphatic heterocycles. The van der Waals surface area contributed by atoms with Crippen LogP contribution >= 0.6 is 11.3 Å². The van der Waals surface area contributed by atoms with Crippen LogP contribution in [0.3, 0.4) is 0 Å². The van der Waals surface area contributed by atoms with E-state index in [-0.39, 0.29) is 19.0 Å². The topological polar surface area (TPSA) is 161 Å². The van der Waals surface area contributed by atoms with Crippen molar-refractivity contribution in [3.8, 4) is 10.4 Å². The Morgan fingerprint density at radius 2 is 1.82 bits per heavy atom. The molecule has 2 aromatic rings. The van der Waals surface area contributed by atoms with Gasteiger partial charge < -0.3 is 31.1 Å². The summed E-state index contributed by atoms with van der Waals surface area (Å²) in [7, 11) is 0. The van der Waals surface area contributed by atoms with Crippen molar-refractivity contribution in [3.05, 3.63) is 41.0 Å². The van der Waals surface area contributed by atoms with E-state index in [1.54, 1.807) is 37.6 Å². The molecule has 2 heterocycles. The number of hydrogen-bond acceptors (Lipinski definition) is 7. The Kier molecular flexibility index (Phi) is 9.10. The van der Waals surface area contributed by atoms with Crippen LogP contribution in [0.15, 0.2) is 29.8 Å². The number of carbonyl (C=O) groups is 4. The molecule has 0 spiro atoms. The van der Waals surface area contributed by atoms with Crippen molar-refractivity contribution in [2.24, 2.45) is 5.41 Å². The first-order valence-corrected chi connectivity index (χ1v) is 13.2. The highest BCUT2D eigenvalue weighted by Crippen LogP contribution is 2.29. The van der Waals surface area contributed by atoms with Crippen LogP contribution in [0, 0.1) is 12.3 Å². The number of β-amino-alcohol motifs (C(OH)–C–C–N with tert-alkyl or cyclic N) is 1. The Balaban J connectivity index is 1.71. The van der Waals surface area contributed by atoms with Crippen molar-refractivity contribution >= 4 is 35.2 Å². The van der Waals surface area contributed by atoms with E-state index in [0.29, 0.717) is 0 Å². The maximum absolute atomic E-state index is 13.5. The smallest absolute Gasteiger partial charge is 0.405 e. The molecule has 4 amide bonds. The summed E-state index contributed by atoms with van der Waals surface area (Å²) in [5.41, 5.74) is 3.93. The number of nitrogens with one attached hydrogen (secondary N) is 3. The van der Waals surface area contributed by atoms with E-state index < -0.39 is 54.0 Å². The molecule has 1 aliphatic rings. The number of aryl methyl sites for hydroxylation is 1. The van der Waals surface area contributed by atoms with Crippen LogP contribution in [0.4, 0.5) is 4.79 Å². The number of rotatable bonds is 8. The molecule has 1 aromatic heterocycles.